The molecule has 2 heterocycles. The lowest BCUT2D eigenvalue weighted by atomic mass is 10.2. The SMILES string of the molecule is CN(C)CCNc1ccc(-n2ccc3cc(N(NCC(=O)O)S(=O)(=O)c4cc(Cl)cc(Cl)c4)ccc32)nn1. The minimum atomic E-state index is -4.28. The molecule has 0 saturated heterocycles. The maximum atomic E-state index is 13.5. The predicted molar refractivity (Wildman–Crippen MR) is 148 cm³/mol. The number of carboxylic acids is 1. The Bertz CT molecular complexity index is 1540. The molecular formula is C24H25Cl2N7O4S. The summed E-state index contributed by atoms with van der Waals surface area (Å²) in [6.07, 6.45) is 1.79. The highest BCUT2D eigenvalue weighted by molar-refractivity contribution is 7.92. The lowest BCUT2D eigenvalue weighted by Gasteiger charge is -2.24. The van der Waals surface area contributed by atoms with E-state index in [2.05, 4.69) is 25.8 Å². The van der Waals surface area contributed by atoms with Crippen molar-refractivity contribution in [1.82, 2.24) is 25.1 Å². The van der Waals surface area contributed by atoms with E-state index in [-0.39, 0.29) is 20.6 Å². The highest BCUT2D eigenvalue weighted by atomic mass is 35.5. The Hall–Kier alpha value is -3.42. The first-order valence-electron chi connectivity index (χ1n) is 11.3. The molecule has 4 aromatic rings. The number of hydrogen-bond donors (Lipinski definition) is 3. The number of aliphatic carboxylic acids is 1. The number of aromatic nitrogens is 3. The minimum absolute atomic E-state index is 0.127. The van der Waals surface area contributed by atoms with Crippen molar-refractivity contribution in [3.05, 3.63) is 70.8 Å². The number of fused-ring (bicyclic) bond motifs is 1. The van der Waals surface area contributed by atoms with Gasteiger partial charge in [-0.15, -0.1) is 10.2 Å². The maximum Gasteiger partial charge on any atom is 0.319 e. The van der Waals surface area contributed by atoms with Crippen molar-refractivity contribution < 1.29 is 18.3 Å². The van der Waals surface area contributed by atoms with Crippen molar-refractivity contribution in [3.63, 3.8) is 0 Å². The van der Waals surface area contributed by atoms with Crippen molar-refractivity contribution in [2.45, 2.75) is 4.90 Å². The smallest absolute Gasteiger partial charge is 0.319 e. The van der Waals surface area contributed by atoms with Crippen LogP contribution in [0.2, 0.25) is 10.0 Å². The zero-order valence-electron chi connectivity index (χ0n) is 20.5. The third kappa shape index (κ3) is 6.34. The highest BCUT2D eigenvalue weighted by Gasteiger charge is 2.27. The number of hydrazine groups is 1. The van der Waals surface area contributed by atoms with Crippen molar-refractivity contribution in [2.75, 3.05) is 43.5 Å². The van der Waals surface area contributed by atoms with Gasteiger partial charge >= 0.3 is 5.97 Å². The standard InChI is InChI=1S/C24H25Cl2N7O4S/c1-31(2)10-8-27-22-5-6-23(30-29-22)32-9-7-16-11-19(3-4-21(16)32)33(28-15-24(34)35)38(36,37)20-13-17(25)12-18(26)14-20/h3-7,9,11-14,28H,8,10,15H2,1-2H3,(H,27,29)(H,34,35). The second kappa shape index (κ2) is 11.5. The van der Waals surface area contributed by atoms with E-state index >= 15 is 0 Å². The summed E-state index contributed by atoms with van der Waals surface area (Å²) in [5, 5.41) is 21.9. The molecule has 2 aromatic heterocycles. The van der Waals surface area contributed by atoms with Gasteiger partial charge < -0.3 is 15.3 Å². The monoisotopic (exact) mass is 577 g/mol. The number of hydrogen-bond acceptors (Lipinski definition) is 8. The number of carbonyl (C=O) groups is 1. The number of nitrogens with zero attached hydrogens (tertiary/aromatic N) is 5. The molecule has 2 aromatic carbocycles. The van der Waals surface area contributed by atoms with E-state index in [0.717, 1.165) is 23.0 Å². The number of anilines is 2. The second-order valence-corrected chi connectivity index (χ2v) is 11.2. The first-order valence-corrected chi connectivity index (χ1v) is 13.5. The van der Waals surface area contributed by atoms with Gasteiger partial charge in [0.15, 0.2) is 5.82 Å². The molecule has 0 amide bonds. The Morgan fingerprint density at radius 2 is 1.76 bits per heavy atom. The third-order valence-electron chi connectivity index (χ3n) is 5.42. The summed E-state index contributed by atoms with van der Waals surface area (Å²) in [7, 11) is -0.298. The molecule has 0 unspecified atom stereocenters. The van der Waals surface area contributed by atoms with E-state index < -0.39 is 22.5 Å². The molecular weight excluding hydrogens is 553 g/mol. The number of benzene rings is 2. The Morgan fingerprint density at radius 3 is 2.39 bits per heavy atom. The maximum absolute atomic E-state index is 13.5. The van der Waals surface area contributed by atoms with Crippen LogP contribution in [0.1, 0.15) is 0 Å². The molecule has 4 rings (SSSR count). The van der Waals surface area contributed by atoms with Crippen LogP contribution < -0.4 is 15.2 Å². The number of rotatable bonds is 11. The van der Waals surface area contributed by atoms with Gasteiger partial charge in [-0.1, -0.05) is 23.2 Å². The third-order valence-corrected chi connectivity index (χ3v) is 7.51. The lowest BCUT2D eigenvalue weighted by Crippen LogP contribution is -2.45. The van der Waals surface area contributed by atoms with Gasteiger partial charge in [0.1, 0.15) is 12.4 Å². The van der Waals surface area contributed by atoms with Crippen LogP contribution in [0.4, 0.5) is 11.5 Å². The molecule has 0 aliphatic heterocycles. The minimum Gasteiger partial charge on any atom is -0.480 e. The predicted octanol–water partition coefficient (Wildman–Crippen LogP) is 3.49. The number of nitrogens with one attached hydrogen (secondary N) is 2. The topological polar surface area (TPSA) is 133 Å². The number of halogens is 2. The van der Waals surface area contributed by atoms with Crippen LogP contribution in [-0.4, -0.2) is 72.9 Å². The fraction of sp³-hybridized carbons (Fsp3) is 0.208. The van der Waals surface area contributed by atoms with E-state index in [1.165, 1.54) is 18.2 Å². The Kier molecular flexibility index (Phi) is 8.38. The van der Waals surface area contributed by atoms with Crippen molar-refractivity contribution in [1.29, 1.82) is 0 Å². The van der Waals surface area contributed by atoms with Crippen LogP contribution >= 0.6 is 23.2 Å². The first kappa shape index (κ1) is 27.6. The number of likely N-dealkylation sites (N-methyl/N-ethyl adjacent to an activating group) is 1. The molecule has 0 aliphatic carbocycles. The normalized spacial score (nSPS) is 11.7. The molecule has 0 atom stereocenters. The zero-order chi connectivity index (χ0) is 27.4. The van der Waals surface area contributed by atoms with E-state index in [9.17, 15) is 18.3 Å². The summed E-state index contributed by atoms with van der Waals surface area (Å²) >= 11 is 12.0. The van der Waals surface area contributed by atoms with Crippen LogP contribution in [0.25, 0.3) is 16.7 Å². The molecule has 3 N–H and O–H groups in total. The molecule has 0 fully saturated rings. The molecule has 0 spiro atoms. The molecule has 0 bridgehead atoms. The molecule has 0 aliphatic rings. The summed E-state index contributed by atoms with van der Waals surface area (Å²) < 4.78 is 29.6. The van der Waals surface area contributed by atoms with E-state index in [0.29, 0.717) is 17.0 Å². The second-order valence-electron chi connectivity index (χ2n) is 8.54. The van der Waals surface area contributed by atoms with E-state index in [1.54, 1.807) is 30.5 Å². The van der Waals surface area contributed by atoms with Gasteiger partial charge in [0.25, 0.3) is 10.0 Å². The summed E-state index contributed by atoms with van der Waals surface area (Å²) in [5.41, 5.74) is 3.41. The largest absolute Gasteiger partial charge is 0.480 e. The quantitative estimate of drug-likeness (QED) is 0.229. The van der Waals surface area contributed by atoms with Crippen LogP contribution in [0.15, 0.2) is 65.7 Å². The molecule has 11 nitrogen and oxygen atoms in total. The van der Waals surface area contributed by atoms with Crippen LogP contribution in [0, 0.1) is 0 Å². The Labute approximate surface area is 229 Å². The van der Waals surface area contributed by atoms with Gasteiger partial charge in [0.05, 0.1) is 16.1 Å². The van der Waals surface area contributed by atoms with Crippen molar-refractivity contribution in [3.8, 4) is 5.82 Å². The van der Waals surface area contributed by atoms with Crippen LogP contribution in [-0.2, 0) is 14.8 Å². The fourth-order valence-electron chi connectivity index (χ4n) is 3.65. The molecule has 38 heavy (non-hydrogen) atoms. The average molecular weight is 578 g/mol. The van der Waals surface area contributed by atoms with Gasteiger partial charge in [0.2, 0.25) is 0 Å². The zero-order valence-corrected chi connectivity index (χ0v) is 22.8. The number of sulfonamides is 1. The van der Waals surface area contributed by atoms with Crippen LogP contribution in [0.3, 0.4) is 0 Å². The van der Waals surface area contributed by atoms with Gasteiger partial charge in [0, 0.05) is 34.7 Å². The van der Waals surface area contributed by atoms with E-state index in [1.807, 2.05) is 30.8 Å². The summed E-state index contributed by atoms with van der Waals surface area (Å²) in [6.45, 7) is 0.941. The summed E-state index contributed by atoms with van der Waals surface area (Å²) in [6, 6.07) is 14.2. The lowest BCUT2D eigenvalue weighted by molar-refractivity contribution is -0.135. The molecule has 0 radical (unpaired) electrons. The Balaban J connectivity index is 1.66. The summed E-state index contributed by atoms with van der Waals surface area (Å²) in [5.74, 6) is -0.00596. The summed E-state index contributed by atoms with van der Waals surface area (Å²) in [4.78, 5) is 13.1. The first-order chi connectivity index (χ1) is 18.0. The van der Waals surface area contributed by atoms with E-state index in [4.69, 9.17) is 23.2 Å². The molecule has 200 valence electrons. The van der Waals surface area contributed by atoms with Gasteiger partial charge in [-0.3, -0.25) is 9.36 Å². The highest BCUT2D eigenvalue weighted by Crippen LogP contribution is 2.30. The Morgan fingerprint density at radius 1 is 1.03 bits per heavy atom. The van der Waals surface area contributed by atoms with Crippen LogP contribution in [0.5, 0.6) is 0 Å². The van der Waals surface area contributed by atoms with Gasteiger partial charge in [-0.2, -0.15) is 12.8 Å². The average Bonchev–Trinajstić information content (AvgIpc) is 3.27. The molecule has 0 saturated carbocycles. The van der Waals surface area contributed by atoms with Crippen molar-refractivity contribution in [2.24, 2.45) is 0 Å². The van der Waals surface area contributed by atoms with Crippen molar-refractivity contribution >= 4 is 61.6 Å². The molecule has 14 heteroatoms. The fourth-order valence-corrected chi connectivity index (χ4v) is 5.69. The number of carboxylic acid groups (broad SMARTS) is 1. The van der Waals surface area contributed by atoms with Gasteiger partial charge in [-0.05, 0) is 68.7 Å². The van der Waals surface area contributed by atoms with Gasteiger partial charge in [-0.25, -0.2) is 5.43 Å².